The zero-order valence-corrected chi connectivity index (χ0v) is 13.7. The van der Waals surface area contributed by atoms with E-state index in [0.717, 1.165) is 23.8 Å². The molecule has 1 N–H and O–H groups in total. The normalized spacial score (nSPS) is 28.2. The van der Waals surface area contributed by atoms with E-state index in [-0.39, 0.29) is 5.91 Å². The quantitative estimate of drug-likeness (QED) is 0.811. The van der Waals surface area contributed by atoms with Crippen LogP contribution < -0.4 is 5.32 Å². The van der Waals surface area contributed by atoms with Gasteiger partial charge in [-0.25, -0.2) is 0 Å². The Hall–Kier alpha value is -1.57. The SMILES string of the molecule is CCc1ccc(/C=C\C(=O)N[C@@H](C)[C@H]2C[C@@H]3CC[C@@H]2C3)cc1. The molecule has 2 aliphatic rings. The highest BCUT2D eigenvalue weighted by Gasteiger charge is 2.41. The van der Waals surface area contributed by atoms with Gasteiger partial charge in [0.2, 0.25) is 5.91 Å². The summed E-state index contributed by atoms with van der Waals surface area (Å²) in [5.41, 5.74) is 2.41. The first-order valence-electron chi connectivity index (χ1n) is 8.73. The molecule has 1 aromatic rings. The highest BCUT2D eigenvalue weighted by atomic mass is 16.1. The van der Waals surface area contributed by atoms with Gasteiger partial charge in [-0.2, -0.15) is 0 Å². The molecule has 1 amide bonds. The summed E-state index contributed by atoms with van der Waals surface area (Å²) in [5.74, 6) is 2.52. The maximum Gasteiger partial charge on any atom is 0.244 e. The minimum Gasteiger partial charge on any atom is -0.350 e. The van der Waals surface area contributed by atoms with Crippen LogP contribution in [-0.4, -0.2) is 11.9 Å². The number of hydrogen-bond acceptors (Lipinski definition) is 1. The lowest BCUT2D eigenvalue weighted by molar-refractivity contribution is -0.117. The molecular weight excluding hydrogens is 270 g/mol. The first kappa shape index (κ1) is 15.3. The second-order valence-corrected chi connectivity index (χ2v) is 7.06. The Morgan fingerprint density at radius 3 is 2.64 bits per heavy atom. The van der Waals surface area contributed by atoms with Crippen LogP contribution in [0.4, 0.5) is 0 Å². The predicted molar refractivity (Wildman–Crippen MR) is 91.4 cm³/mol. The molecule has 2 fully saturated rings. The van der Waals surface area contributed by atoms with Gasteiger partial charge in [-0.15, -0.1) is 0 Å². The van der Waals surface area contributed by atoms with Crippen molar-refractivity contribution in [1.29, 1.82) is 0 Å². The van der Waals surface area contributed by atoms with Gasteiger partial charge in [-0.3, -0.25) is 4.79 Å². The van der Waals surface area contributed by atoms with Crippen LogP contribution >= 0.6 is 0 Å². The summed E-state index contributed by atoms with van der Waals surface area (Å²) in [6, 6.07) is 8.68. The predicted octanol–water partition coefficient (Wildman–Crippen LogP) is 4.20. The van der Waals surface area contributed by atoms with Crippen LogP contribution in [0.25, 0.3) is 6.08 Å². The number of hydrogen-bond donors (Lipinski definition) is 1. The van der Waals surface area contributed by atoms with Crippen molar-refractivity contribution in [2.24, 2.45) is 17.8 Å². The molecule has 2 bridgehead atoms. The minimum atomic E-state index is 0.0369. The molecule has 0 aromatic heterocycles. The Morgan fingerprint density at radius 2 is 2.05 bits per heavy atom. The molecule has 0 unspecified atom stereocenters. The van der Waals surface area contributed by atoms with Crippen molar-refractivity contribution in [3.63, 3.8) is 0 Å². The molecule has 0 heterocycles. The summed E-state index contributed by atoms with van der Waals surface area (Å²) in [5, 5.41) is 3.17. The van der Waals surface area contributed by atoms with Crippen molar-refractivity contribution in [3.8, 4) is 0 Å². The molecule has 0 radical (unpaired) electrons. The fourth-order valence-electron chi connectivity index (χ4n) is 4.32. The number of carbonyl (C=O) groups is 1. The van der Waals surface area contributed by atoms with Crippen molar-refractivity contribution in [2.75, 3.05) is 0 Å². The van der Waals surface area contributed by atoms with Gasteiger partial charge in [0.05, 0.1) is 0 Å². The average Bonchev–Trinajstić information content (AvgIpc) is 3.16. The van der Waals surface area contributed by atoms with Crippen LogP contribution in [0.15, 0.2) is 30.3 Å². The van der Waals surface area contributed by atoms with Gasteiger partial charge in [-0.1, -0.05) is 37.6 Å². The molecule has 0 saturated heterocycles. The van der Waals surface area contributed by atoms with E-state index in [9.17, 15) is 4.79 Å². The zero-order chi connectivity index (χ0) is 15.5. The number of amides is 1. The molecule has 2 heteroatoms. The van der Waals surface area contributed by atoms with Gasteiger partial charge < -0.3 is 5.32 Å². The van der Waals surface area contributed by atoms with Crippen LogP contribution in [0.1, 0.15) is 50.7 Å². The third-order valence-corrected chi connectivity index (χ3v) is 5.62. The number of benzene rings is 1. The van der Waals surface area contributed by atoms with Crippen molar-refractivity contribution >= 4 is 12.0 Å². The number of rotatable bonds is 5. The Morgan fingerprint density at radius 1 is 1.27 bits per heavy atom. The topological polar surface area (TPSA) is 29.1 Å². The lowest BCUT2D eigenvalue weighted by atomic mass is 9.84. The van der Waals surface area contributed by atoms with Crippen molar-refractivity contribution in [2.45, 2.75) is 52.0 Å². The third kappa shape index (κ3) is 3.43. The minimum absolute atomic E-state index is 0.0369. The number of aryl methyl sites for hydroxylation is 1. The molecule has 4 atom stereocenters. The van der Waals surface area contributed by atoms with E-state index in [1.165, 1.54) is 31.2 Å². The Balaban J connectivity index is 1.52. The first-order valence-corrected chi connectivity index (χ1v) is 8.73. The molecule has 0 aliphatic heterocycles. The molecule has 1 aromatic carbocycles. The van der Waals surface area contributed by atoms with E-state index in [1.807, 2.05) is 6.08 Å². The van der Waals surface area contributed by atoms with E-state index in [2.05, 4.69) is 43.4 Å². The van der Waals surface area contributed by atoms with E-state index in [1.54, 1.807) is 6.08 Å². The van der Waals surface area contributed by atoms with Crippen molar-refractivity contribution in [3.05, 3.63) is 41.5 Å². The monoisotopic (exact) mass is 297 g/mol. The lowest BCUT2D eigenvalue weighted by Crippen LogP contribution is -2.39. The van der Waals surface area contributed by atoms with E-state index >= 15 is 0 Å². The smallest absolute Gasteiger partial charge is 0.244 e. The number of fused-ring (bicyclic) bond motifs is 2. The maximum absolute atomic E-state index is 12.1. The van der Waals surface area contributed by atoms with E-state index < -0.39 is 0 Å². The Bertz CT molecular complexity index is 545. The first-order chi connectivity index (χ1) is 10.7. The summed E-state index contributed by atoms with van der Waals surface area (Å²) in [7, 11) is 0. The number of nitrogens with one attached hydrogen (secondary N) is 1. The summed E-state index contributed by atoms with van der Waals surface area (Å²) >= 11 is 0. The maximum atomic E-state index is 12.1. The summed E-state index contributed by atoms with van der Waals surface area (Å²) in [6.45, 7) is 4.32. The van der Waals surface area contributed by atoms with Crippen molar-refractivity contribution in [1.82, 2.24) is 5.32 Å². The molecule has 2 aliphatic carbocycles. The zero-order valence-electron chi connectivity index (χ0n) is 13.7. The largest absolute Gasteiger partial charge is 0.350 e. The van der Waals surface area contributed by atoms with Crippen LogP contribution in [0.3, 0.4) is 0 Å². The highest BCUT2D eigenvalue weighted by Crippen LogP contribution is 2.49. The van der Waals surface area contributed by atoms with Gasteiger partial charge in [0.15, 0.2) is 0 Å². The van der Waals surface area contributed by atoms with Crippen molar-refractivity contribution < 1.29 is 4.79 Å². The third-order valence-electron chi connectivity index (χ3n) is 5.62. The molecule has 2 nitrogen and oxygen atoms in total. The summed E-state index contributed by atoms with van der Waals surface area (Å²) in [6.07, 6.45) is 10.1. The second kappa shape index (κ2) is 6.68. The van der Waals surface area contributed by atoms with Crippen LogP contribution in [0.5, 0.6) is 0 Å². The van der Waals surface area contributed by atoms with Gasteiger partial charge in [0, 0.05) is 12.1 Å². The lowest BCUT2D eigenvalue weighted by Gasteiger charge is -2.28. The molecule has 0 spiro atoms. The molecule has 2 saturated carbocycles. The Kier molecular flexibility index (Phi) is 4.66. The van der Waals surface area contributed by atoms with Crippen LogP contribution in [0.2, 0.25) is 0 Å². The molecule has 3 rings (SSSR count). The Labute approximate surface area is 134 Å². The molecular formula is C20H27NO. The molecule has 118 valence electrons. The fraction of sp³-hybridized carbons (Fsp3) is 0.550. The average molecular weight is 297 g/mol. The summed E-state index contributed by atoms with van der Waals surface area (Å²) < 4.78 is 0. The van der Waals surface area contributed by atoms with Crippen LogP contribution in [0, 0.1) is 17.8 Å². The molecule has 22 heavy (non-hydrogen) atoms. The van der Waals surface area contributed by atoms with Crippen LogP contribution in [-0.2, 0) is 11.2 Å². The standard InChI is InChI=1S/C20H27NO/c1-3-15-4-6-16(7-5-15)9-11-20(22)21-14(2)19-13-17-8-10-18(19)12-17/h4-7,9,11,14,17-19H,3,8,10,12-13H2,1-2H3,(H,21,22)/b11-9-/t14-,17+,18+,19+/m0/s1. The van der Waals surface area contributed by atoms with Gasteiger partial charge in [0.25, 0.3) is 0 Å². The van der Waals surface area contributed by atoms with Gasteiger partial charge in [-0.05, 0) is 67.6 Å². The second-order valence-electron chi connectivity index (χ2n) is 7.06. The summed E-state index contributed by atoms with van der Waals surface area (Å²) in [4.78, 5) is 12.1. The number of carbonyl (C=O) groups excluding carboxylic acids is 1. The van der Waals surface area contributed by atoms with Gasteiger partial charge >= 0.3 is 0 Å². The fourth-order valence-corrected chi connectivity index (χ4v) is 4.32. The van der Waals surface area contributed by atoms with E-state index in [0.29, 0.717) is 12.0 Å². The van der Waals surface area contributed by atoms with E-state index in [4.69, 9.17) is 0 Å². The highest BCUT2D eigenvalue weighted by molar-refractivity contribution is 5.91. The van der Waals surface area contributed by atoms with Gasteiger partial charge in [0.1, 0.15) is 0 Å².